The SMILES string of the molecule is C1CCCC1.CC(=O)CC1OC(CO)C(O)C(O)C1O.CCCCCC1CC(=O)C(C2OC(CO)C(O)C(O)C2O)=CC1CCCC.CCCCCC=O.CO. The Bertz CT molecular complexity index is 1040. The summed E-state index contributed by atoms with van der Waals surface area (Å²) in [6.07, 6.45) is 10.4. The zero-order chi connectivity index (χ0) is 42.6. The predicted molar refractivity (Wildman–Crippen MR) is 213 cm³/mol. The third-order valence-corrected chi connectivity index (χ3v) is 10.7. The Labute approximate surface area is 335 Å². The lowest BCUT2D eigenvalue weighted by Gasteiger charge is -2.42. The molecule has 2 heterocycles. The van der Waals surface area contributed by atoms with Crippen LogP contribution in [0.25, 0.3) is 0 Å². The van der Waals surface area contributed by atoms with Gasteiger partial charge in [-0.25, -0.2) is 0 Å². The van der Waals surface area contributed by atoms with Crippen molar-refractivity contribution in [1.82, 2.24) is 0 Å². The van der Waals surface area contributed by atoms with Crippen molar-refractivity contribution in [1.29, 1.82) is 0 Å². The van der Waals surface area contributed by atoms with Gasteiger partial charge < -0.3 is 60.2 Å². The lowest BCUT2D eigenvalue weighted by atomic mass is 9.73. The second-order valence-electron chi connectivity index (χ2n) is 15.3. The first-order valence-corrected chi connectivity index (χ1v) is 21.1. The number of unbranched alkanes of at least 4 members (excludes halogenated alkanes) is 6. The molecule has 4 rings (SSSR count). The summed E-state index contributed by atoms with van der Waals surface area (Å²) in [5.74, 6) is 0.305. The number of hydrogen-bond donors (Lipinski definition) is 9. The summed E-state index contributed by atoms with van der Waals surface area (Å²) in [4.78, 5) is 33.3. The molecule has 0 aromatic carbocycles. The fourth-order valence-electron chi connectivity index (χ4n) is 7.30. The molecule has 2 aliphatic carbocycles. The number of hydrogen-bond acceptors (Lipinski definition) is 14. The molecule has 0 amide bonds. The summed E-state index contributed by atoms with van der Waals surface area (Å²) < 4.78 is 10.7. The van der Waals surface area contributed by atoms with Crippen molar-refractivity contribution in [3.05, 3.63) is 11.6 Å². The van der Waals surface area contributed by atoms with Crippen molar-refractivity contribution in [3.8, 4) is 0 Å². The molecule has 14 heteroatoms. The lowest BCUT2D eigenvalue weighted by Crippen LogP contribution is -2.59. The molecule has 0 aromatic heterocycles. The molecule has 0 radical (unpaired) electrons. The van der Waals surface area contributed by atoms with Crippen molar-refractivity contribution in [2.24, 2.45) is 11.8 Å². The van der Waals surface area contributed by atoms with Gasteiger partial charge in [-0.15, -0.1) is 0 Å². The maximum atomic E-state index is 12.8. The third kappa shape index (κ3) is 19.4. The average molecular weight is 807 g/mol. The standard InChI is InChI=1S/C21H36O6.C9H16O6.C6H12O.C5H10.CH4O/c1-3-5-7-9-14-11-16(23)15(10-13(14)8-6-4-2)21-20(26)19(25)18(24)17(12-22)27-21;1-4(11)2-5-7(12)9(14)8(13)6(3-10)15-5;1-2-3-4-5-6-7;1-2-4-5-3-1;1-2/h10,13-14,17-22,24-26H,3-9,11-12H2,1-2H3;5-10,12-14H,2-3H2,1H3;6H,2-5H2,1H3;1-5H2;2H,1H3. The molecular weight excluding hydrogens is 728 g/mol. The van der Waals surface area contributed by atoms with Crippen molar-refractivity contribution >= 4 is 17.9 Å². The quantitative estimate of drug-likeness (QED) is 0.0804. The smallest absolute Gasteiger partial charge is 0.161 e. The summed E-state index contributed by atoms with van der Waals surface area (Å²) >= 11 is 0. The van der Waals surface area contributed by atoms with E-state index in [0.29, 0.717) is 17.9 Å². The number of aldehydes is 1. The Morgan fingerprint density at radius 1 is 0.679 bits per heavy atom. The van der Waals surface area contributed by atoms with Gasteiger partial charge in [0.15, 0.2) is 5.78 Å². The van der Waals surface area contributed by atoms with Crippen LogP contribution in [-0.2, 0) is 23.9 Å². The van der Waals surface area contributed by atoms with Crippen LogP contribution >= 0.6 is 0 Å². The van der Waals surface area contributed by atoms with E-state index in [-0.39, 0.29) is 23.9 Å². The van der Waals surface area contributed by atoms with E-state index >= 15 is 0 Å². The maximum Gasteiger partial charge on any atom is 0.161 e. The van der Waals surface area contributed by atoms with Gasteiger partial charge in [-0.05, 0) is 38.0 Å². The van der Waals surface area contributed by atoms with E-state index < -0.39 is 74.3 Å². The second-order valence-corrected chi connectivity index (χ2v) is 15.3. The molecule has 3 fully saturated rings. The molecule has 4 aliphatic rings. The maximum absolute atomic E-state index is 12.8. The van der Waals surface area contributed by atoms with Crippen LogP contribution in [0.15, 0.2) is 11.6 Å². The molecule has 1 saturated carbocycles. The monoisotopic (exact) mass is 807 g/mol. The molecule has 330 valence electrons. The molecule has 0 bridgehead atoms. The molecule has 14 nitrogen and oxygen atoms in total. The van der Waals surface area contributed by atoms with Crippen LogP contribution in [-0.4, -0.2) is 145 Å². The molecule has 12 atom stereocenters. The number of aliphatic hydroxyl groups excluding tert-OH is 9. The van der Waals surface area contributed by atoms with Gasteiger partial charge in [0.2, 0.25) is 0 Å². The van der Waals surface area contributed by atoms with Crippen molar-refractivity contribution in [2.45, 2.75) is 204 Å². The first-order chi connectivity index (χ1) is 26.8. The van der Waals surface area contributed by atoms with E-state index in [9.17, 15) is 50.1 Å². The van der Waals surface area contributed by atoms with E-state index in [2.05, 4.69) is 20.8 Å². The van der Waals surface area contributed by atoms with E-state index in [1.165, 1.54) is 51.9 Å². The third-order valence-electron chi connectivity index (χ3n) is 10.7. The van der Waals surface area contributed by atoms with Crippen LogP contribution in [0.1, 0.15) is 143 Å². The normalized spacial score (nSPS) is 32.5. The van der Waals surface area contributed by atoms with E-state index in [0.717, 1.165) is 71.2 Å². The highest BCUT2D eigenvalue weighted by atomic mass is 16.6. The van der Waals surface area contributed by atoms with E-state index in [1.807, 2.05) is 6.08 Å². The second kappa shape index (κ2) is 32.2. The minimum absolute atomic E-state index is 0.0541. The number of carbonyl (C=O) groups is 3. The summed E-state index contributed by atoms with van der Waals surface area (Å²) in [7, 11) is 1.00. The number of carbonyl (C=O) groups excluding carboxylic acids is 3. The molecule has 12 unspecified atom stereocenters. The van der Waals surface area contributed by atoms with Gasteiger partial charge in [0.05, 0.1) is 19.3 Å². The van der Waals surface area contributed by atoms with Crippen molar-refractivity contribution < 1.29 is 69.8 Å². The number of allylic oxidation sites excluding steroid dienone is 1. The van der Waals surface area contributed by atoms with Crippen LogP contribution < -0.4 is 0 Å². The number of aliphatic hydroxyl groups is 9. The summed E-state index contributed by atoms with van der Waals surface area (Å²) in [6, 6.07) is 0. The number of Topliss-reactive ketones (excluding diaryl/α,β-unsaturated/α-hetero) is 2. The zero-order valence-electron chi connectivity index (χ0n) is 34.8. The van der Waals surface area contributed by atoms with Crippen molar-refractivity contribution in [2.75, 3.05) is 20.3 Å². The Balaban J connectivity index is 0.000000864. The highest BCUT2D eigenvalue weighted by Gasteiger charge is 2.47. The minimum atomic E-state index is -1.45. The molecule has 0 aromatic rings. The first-order valence-electron chi connectivity index (χ1n) is 21.1. The van der Waals surface area contributed by atoms with Gasteiger partial charge in [0.1, 0.15) is 67.0 Å². The molecule has 56 heavy (non-hydrogen) atoms. The van der Waals surface area contributed by atoms with Crippen molar-refractivity contribution in [3.63, 3.8) is 0 Å². The molecule has 2 saturated heterocycles. The van der Waals surface area contributed by atoms with Gasteiger partial charge in [-0.2, -0.15) is 0 Å². The van der Waals surface area contributed by atoms with Gasteiger partial charge in [-0.3, -0.25) is 9.59 Å². The van der Waals surface area contributed by atoms with Gasteiger partial charge in [0.25, 0.3) is 0 Å². The lowest BCUT2D eigenvalue weighted by molar-refractivity contribution is -0.229. The van der Waals surface area contributed by atoms with Crippen LogP contribution in [0.3, 0.4) is 0 Å². The van der Waals surface area contributed by atoms with Crippen LogP contribution in [0.4, 0.5) is 0 Å². The van der Waals surface area contributed by atoms with Gasteiger partial charge in [-0.1, -0.05) is 104 Å². The van der Waals surface area contributed by atoms with Crippen LogP contribution in [0.2, 0.25) is 0 Å². The molecule has 9 N–H and O–H groups in total. The van der Waals surface area contributed by atoms with Gasteiger partial charge >= 0.3 is 0 Å². The Morgan fingerprint density at radius 3 is 1.64 bits per heavy atom. The summed E-state index contributed by atoms with van der Waals surface area (Å²) in [5.41, 5.74) is 0.389. The Kier molecular flexibility index (Phi) is 31.2. The van der Waals surface area contributed by atoms with Gasteiger partial charge in [0, 0.05) is 31.9 Å². The highest BCUT2D eigenvalue weighted by molar-refractivity contribution is 5.97. The van der Waals surface area contributed by atoms with E-state index in [1.54, 1.807) is 0 Å². The topological polar surface area (TPSA) is 252 Å². The fraction of sp³-hybridized carbons (Fsp3) is 0.881. The Morgan fingerprint density at radius 2 is 1.16 bits per heavy atom. The summed E-state index contributed by atoms with van der Waals surface area (Å²) in [5, 5.41) is 84.0. The number of rotatable bonds is 16. The fourth-order valence-corrected chi connectivity index (χ4v) is 7.30. The van der Waals surface area contributed by atoms with Crippen LogP contribution in [0.5, 0.6) is 0 Å². The number of ether oxygens (including phenoxy) is 2. The molecular formula is C42H78O14. The average Bonchev–Trinajstić information content (AvgIpc) is 3.80. The Hall–Kier alpha value is -1.69. The predicted octanol–water partition coefficient (Wildman–Crippen LogP) is 2.86. The highest BCUT2D eigenvalue weighted by Crippen LogP contribution is 2.38. The molecule has 2 aliphatic heterocycles. The zero-order valence-corrected chi connectivity index (χ0v) is 34.8. The molecule has 0 spiro atoms. The summed E-state index contributed by atoms with van der Waals surface area (Å²) in [6.45, 7) is 6.81. The first kappa shape index (κ1) is 54.3. The largest absolute Gasteiger partial charge is 0.400 e. The van der Waals surface area contributed by atoms with Crippen LogP contribution in [0, 0.1) is 11.8 Å². The minimum Gasteiger partial charge on any atom is -0.400 e. The van der Waals surface area contributed by atoms with E-state index in [4.69, 9.17) is 19.7 Å². The number of ketones is 2.